The molecule has 1 atom stereocenters. The van der Waals surface area contributed by atoms with Crippen molar-refractivity contribution in [2.24, 2.45) is 5.92 Å². The molecule has 1 fully saturated rings. The average molecular weight is 387 g/mol. The fraction of sp³-hybridized carbons (Fsp3) is 0.409. The van der Waals surface area contributed by atoms with Gasteiger partial charge in [0.05, 0.1) is 13.2 Å². The van der Waals surface area contributed by atoms with Crippen LogP contribution in [0.4, 0.5) is 0 Å². The average Bonchev–Trinajstić information content (AvgIpc) is 2.70. The summed E-state index contributed by atoms with van der Waals surface area (Å²) in [5.74, 6) is 1.05. The molecular formula is C22H27ClN2O2. The summed E-state index contributed by atoms with van der Waals surface area (Å²) in [5, 5.41) is 3.97. The second-order valence-corrected chi connectivity index (χ2v) is 7.55. The number of hydrogen-bond acceptors (Lipinski definition) is 3. The quantitative estimate of drug-likeness (QED) is 0.798. The van der Waals surface area contributed by atoms with Gasteiger partial charge < -0.3 is 10.1 Å². The second-order valence-electron chi connectivity index (χ2n) is 7.15. The van der Waals surface area contributed by atoms with Gasteiger partial charge >= 0.3 is 0 Å². The third-order valence-electron chi connectivity index (χ3n) is 5.28. The van der Waals surface area contributed by atoms with Crippen LogP contribution in [0.25, 0.3) is 0 Å². The van der Waals surface area contributed by atoms with Gasteiger partial charge in [0.1, 0.15) is 5.75 Å². The number of piperidine rings is 1. The van der Waals surface area contributed by atoms with Crippen molar-refractivity contribution in [2.75, 3.05) is 20.2 Å². The Hall–Kier alpha value is -2.04. The smallest absolute Gasteiger partial charge is 0.223 e. The maximum atomic E-state index is 12.6. The van der Waals surface area contributed by atoms with Gasteiger partial charge in [-0.3, -0.25) is 9.69 Å². The van der Waals surface area contributed by atoms with Crippen LogP contribution in [0.3, 0.4) is 0 Å². The van der Waals surface area contributed by atoms with Crippen molar-refractivity contribution < 1.29 is 9.53 Å². The molecule has 0 aromatic heterocycles. The van der Waals surface area contributed by atoms with E-state index in [9.17, 15) is 4.79 Å². The number of likely N-dealkylation sites (tertiary alicyclic amines) is 1. The van der Waals surface area contributed by atoms with Crippen molar-refractivity contribution in [3.05, 3.63) is 64.7 Å². The molecule has 1 aliphatic heterocycles. The molecule has 1 unspecified atom stereocenters. The van der Waals surface area contributed by atoms with Crippen LogP contribution >= 0.6 is 11.6 Å². The molecule has 1 aliphatic rings. The van der Waals surface area contributed by atoms with E-state index in [4.69, 9.17) is 16.3 Å². The van der Waals surface area contributed by atoms with E-state index in [0.717, 1.165) is 54.4 Å². The minimum absolute atomic E-state index is 0.00967. The molecule has 0 radical (unpaired) electrons. The second kappa shape index (κ2) is 9.25. The van der Waals surface area contributed by atoms with E-state index in [2.05, 4.69) is 16.3 Å². The first-order valence-electron chi connectivity index (χ1n) is 9.47. The number of methoxy groups -OCH3 is 1. The molecule has 4 nitrogen and oxygen atoms in total. The lowest BCUT2D eigenvalue weighted by Crippen LogP contribution is -2.40. The van der Waals surface area contributed by atoms with Crippen LogP contribution in [-0.2, 0) is 11.3 Å². The standard InChI is InChI=1S/C22H27ClN2O2/c1-16(17-7-9-20(27-2)10-8-17)24-22(26)18-11-13-25(14-12-18)15-19-5-3-4-6-21(19)23/h3-10,16,18H,11-15H2,1-2H3,(H,24,26). The predicted molar refractivity (Wildman–Crippen MR) is 109 cm³/mol. The highest BCUT2D eigenvalue weighted by Crippen LogP contribution is 2.24. The summed E-state index contributed by atoms with van der Waals surface area (Å²) in [4.78, 5) is 15.0. The molecule has 144 valence electrons. The van der Waals surface area contributed by atoms with Crippen molar-refractivity contribution in [1.82, 2.24) is 10.2 Å². The van der Waals surface area contributed by atoms with E-state index in [1.165, 1.54) is 0 Å². The summed E-state index contributed by atoms with van der Waals surface area (Å²) in [7, 11) is 1.65. The highest BCUT2D eigenvalue weighted by Gasteiger charge is 2.26. The van der Waals surface area contributed by atoms with Crippen LogP contribution in [0.15, 0.2) is 48.5 Å². The number of rotatable bonds is 6. The Morgan fingerprint density at radius 3 is 2.48 bits per heavy atom. The van der Waals surface area contributed by atoms with Crippen molar-refractivity contribution in [3.63, 3.8) is 0 Å². The molecule has 2 aromatic carbocycles. The number of benzene rings is 2. The van der Waals surface area contributed by atoms with Gasteiger partial charge in [0.25, 0.3) is 0 Å². The van der Waals surface area contributed by atoms with Gasteiger partial charge in [-0.2, -0.15) is 0 Å². The first-order chi connectivity index (χ1) is 13.1. The van der Waals surface area contributed by atoms with Gasteiger partial charge in [-0.05, 0) is 62.2 Å². The third-order valence-corrected chi connectivity index (χ3v) is 5.65. The van der Waals surface area contributed by atoms with Crippen molar-refractivity contribution in [1.29, 1.82) is 0 Å². The van der Waals surface area contributed by atoms with Gasteiger partial charge in [-0.15, -0.1) is 0 Å². The first-order valence-corrected chi connectivity index (χ1v) is 9.84. The van der Waals surface area contributed by atoms with Crippen molar-refractivity contribution >= 4 is 17.5 Å². The summed E-state index contributed by atoms with van der Waals surface area (Å²) in [5.41, 5.74) is 2.23. The summed E-state index contributed by atoms with van der Waals surface area (Å²) >= 11 is 6.26. The summed E-state index contributed by atoms with van der Waals surface area (Å²) in [6.45, 7) is 4.70. The number of nitrogens with zero attached hydrogens (tertiary/aromatic N) is 1. The molecule has 1 saturated heterocycles. The number of amides is 1. The maximum absolute atomic E-state index is 12.6. The number of carbonyl (C=O) groups is 1. The molecular weight excluding hydrogens is 360 g/mol. The minimum Gasteiger partial charge on any atom is -0.497 e. The van der Waals surface area contributed by atoms with Gasteiger partial charge in [0.2, 0.25) is 5.91 Å². The molecule has 27 heavy (non-hydrogen) atoms. The monoisotopic (exact) mass is 386 g/mol. The zero-order valence-electron chi connectivity index (χ0n) is 16.0. The summed E-state index contributed by atoms with van der Waals surface area (Å²) < 4.78 is 5.18. The molecule has 3 rings (SSSR count). The molecule has 1 heterocycles. The Bertz CT molecular complexity index is 755. The Balaban J connectivity index is 1.48. The fourth-order valence-electron chi connectivity index (χ4n) is 3.53. The molecule has 5 heteroatoms. The van der Waals surface area contributed by atoms with E-state index >= 15 is 0 Å². The number of ether oxygens (including phenoxy) is 1. The van der Waals surface area contributed by atoms with E-state index in [1.807, 2.05) is 49.4 Å². The van der Waals surface area contributed by atoms with Crippen LogP contribution < -0.4 is 10.1 Å². The molecule has 1 amide bonds. The van der Waals surface area contributed by atoms with Gasteiger partial charge in [0.15, 0.2) is 0 Å². The Labute approximate surface area is 166 Å². The van der Waals surface area contributed by atoms with E-state index < -0.39 is 0 Å². The zero-order chi connectivity index (χ0) is 19.2. The third kappa shape index (κ3) is 5.24. The summed E-state index contributed by atoms with van der Waals surface area (Å²) in [6.07, 6.45) is 1.76. The highest BCUT2D eigenvalue weighted by molar-refractivity contribution is 6.31. The Kier molecular flexibility index (Phi) is 6.75. The lowest BCUT2D eigenvalue weighted by molar-refractivity contribution is -0.127. The van der Waals surface area contributed by atoms with Crippen molar-refractivity contribution in [2.45, 2.75) is 32.4 Å². The van der Waals surface area contributed by atoms with Gasteiger partial charge in [0, 0.05) is 17.5 Å². The predicted octanol–water partition coefficient (Wildman–Crippen LogP) is 4.44. The Morgan fingerprint density at radius 2 is 1.85 bits per heavy atom. The van der Waals surface area contributed by atoms with Crippen LogP contribution in [-0.4, -0.2) is 31.0 Å². The maximum Gasteiger partial charge on any atom is 0.223 e. The van der Waals surface area contributed by atoms with E-state index in [0.29, 0.717) is 0 Å². The van der Waals surface area contributed by atoms with Crippen molar-refractivity contribution in [3.8, 4) is 5.75 Å². The Morgan fingerprint density at radius 1 is 1.19 bits per heavy atom. The largest absolute Gasteiger partial charge is 0.497 e. The highest BCUT2D eigenvalue weighted by atomic mass is 35.5. The number of hydrogen-bond donors (Lipinski definition) is 1. The topological polar surface area (TPSA) is 41.6 Å². The fourth-order valence-corrected chi connectivity index (χ4v) is 3.72. The number of nitrogens with one attached hydrogen (secondary N) is 1. The minimum atomic E-state index is -0.00967. The SMILES string of the molecule is COc1ccc(C(C)NC(=O)C2CCN(Cc3ccccc3Cl)CC2)cc1. The van der Waals surface area contributed by atoms with Gasteiger partial charge in [-0.1, -0.05) is 41.9 Å². The van der Waals surface area contributed by atoms with Crippen LogP contribution in [0.1, 0.15) is 36.9 Å². The normalized spacial score (nSPS) is 16.7. The van der Waals surface area contributed by atoms with E-state index in [-0.39, 0.29) is 17.9 Å². The van der Waals surface area contributed by atoms with Crippen LogP contribution in [0.5, 0.6) is 5.75 Å². The first kappa shape index (κ1) is 19.7. The number of halogens is 1. The zero-order valence-corrected chi connectivity index (χ0v) is 16.7. The molecule has 2 aromatic rings. The van der Waals surface area contributed by atoms with Crippen LogP contribution in [0, 0.1) is 5.92 Å². The molecule has 1 N–H and O–H groups in total. The van der Waals surface area contributed by atoms with Crippen LogP contribution in [0.2, 0.25) is 5.02 Å². The van der Waals surface area contributed by atoms with E-state index in [1.54, 1.807) is 7.11 Å². The lowest BCUT2D eigenvalue weighted by atomic mass is 9.95. The van der Waals surface area contributed by atoms with Gasteiger partial charge in [-0.25, -0.2) is 0 Å². The lowest BCUT2D eigenvalue weighted by Gasteiger charge is -2.32. The number of carbonyl (C=O) groups excluding carboxylic acids is 1. The molecule has 0 saturated carbocycles. The molecule has 0 bridgehead atoms. The molecule has 0 spiro atoms. The summed E-state index contributed by atoms with van der Waals surface area (Å²) in [6, 6.07) is 15.8. The molecule has 0 aliphatic carbocycles.